The van der Waals surface area contributed by atoms with Crippen LogP contribution in [-0.4, -0.2) is 144 Å². The molecule has 0 saturated carbocycles. The highest BCUT2D eigenvalue weighted by Crippen LogP contribution is 2.35. The number of benzene rings is 10. The monoisotopic (exact) mass is 1990 g/mol. The molecule has 0 radical (unpaired) electrons. The number of hydrogen-bond donors (Lipinski definition) is 2. The number of carbonyl (C=O) groups is 2. The minimum atomic E-state index is -5.00. The molecule has 4 aromatic heterocycles. The second-order valence-corrected chi connectivity index (χ2v) is 37.0. The molecule has 37 heteroatoms. The van der Waals surface area contributed by atoms with E-state index in [4.69, 9.17) is 41.5 Å². The normalized spacial score (nSPS) is 12.1. The van der Waals surface area contributed by atoms with Crippen molar-refractivity contribution in [3.05, 3.63) is 361 Å². The van der Waals surface area contributed by atoms with E-state index in [9.17, 15) is 84.3 Å². The van der Waals surface area contributed by atoms with E-state index in [2.05, 4.69) is 47.5 Å². The van der Waals surface area contributed by atoms with Crippen LogP contribution in [-0.2, 0) is 64.3 Å². The maximum atomic E-state index is 14.0. The van der Waals surface area contributed by atoms with E-state index in [0.29, 0.717) is 117 Å². The van der Waals surface area contributed by atoms with Crippen LogP contribution in [0.25, 0.3) is 49.9 Å². The quantitative estimate of drug-likeness (QED) is 0.0301. The Morgan fingerprint density at radius 3 is 1.25 bits per heavy atom. The van der Waals surface area contributed by atoms with E-state index in [0.717, 1.165) is 23.3 Å². The Bertz CT molecular complexity index is 7030. The largest absolute Gasteiger partial charge is 0.494 e. The Labute approximate surface area is 806 Å². The molecular weight excluding hydrogens is 1890 g/mol. The van der Waals surface area contributed by atoms with Gasteiger partial charge >= 0.3 is 12.4 Å². The number of aromatic nitrogens is 7. The molecule has 0 aliphatic heterocycles. The van der Waals surface area contributed by atoms with Gasteiger partial charge in [-0.3, -0.25) is 37.7 Å². The number of para-hydroxylation sites is 2. The van der Waals surface area contributed by atoms with Gasteiger partial charge in [0.15, 0.2) is 35.2 Å². The Kier molecular flexibility index (Phi) is 40.9. The number of alkyl halides is 6. The molecule has 25 nitrogen and oxygen atoms in total. The molecule has 14 rings (SSSR count). The molecule has 1 amide bonds. The third-order valence-corrected chi connectivity index (χ3v) is 26.0. The molecule has 736 valence electrons. The number of nitrogens with one attached hydrogen (secondary N) is 1. The lowest BCUT2D eigenvalue weighted by atomic mass is 10.1. The van der Waals surface area contributed by atoms with Crippen LogP contribution in [0.4, 0.5) is 35.1 Å². The summed E-state index contributed by atoms with van der Waals surface area (Å²) in [7, 11) is -10.6. The Morgan fingerprint density at radius 2 is 0.856 bits per heavy atom. The number of amides is 1. The number of fused-ring (bicyclic) bond motifs is 3. The van der Waals surface area contributed by atoms with Crippen molar-refractivity contribution in [2.75, 3.05) is 64.1 Å². The minimum absolute atomic E-state index is 0. The van der Waals surface area contributed by atoms with Crippen molar-refractivity contribution in [1.82, 2.24) is 48.8 Å². The topological polar surface area (TPSA) is 326 Å². The lowest BCUT2D eigenvalue weighted by Crippen LogP contribution is -2.40. The van der Waals surface area contributed by atoms with E-state index in [-0.39, 0.29) is 75.4 Å². The summed E-state index contributed by atoms with van der Waals surface area (Å²) in [5, 5.41) is 4.65. The van der Waals surface area contributed by atoms with Crippen LogP contribution in [0.3, 0.4) is 0 Å². The van der Waals surface area contributed by atoms with E-state index < -0.39 is 112 Å². The number of pyridine rings is 1. The molecule has 0 aliphatic rings. The lowest BCUT2D eigenvalue weighted by Gasteiger charge is -2.31. The van der Waals surface area contributed by atoms with Crippen LogP contribution in [0.5, 0.6) is 17.2 Å². The first-order valence-corrected chi connectivity index (χ1v) is 48.9. The molecule has 14 aromatic rings. The minimum Gasteiger partial charge on any atom is -0.494 e. The molecule has 3 N–H and O–H groups in total. The maximum Gasteiger partial charge on any atom is 0.419 e. The molecule has 3 atom stereocenters. The summed E-state index contributed by atoms with van der Waals surface area (Å²) >= 11 is 5.00. The van der Waals surface area contributed by atoms with Crippen molar-refractivity contribution >= 4 is 85.1 Å². The van der Waals surface area contributed by atoms with Gasteiger partial charge in [-0.1, -0.05) is 126 Å². The fourth-order valence-electron chi connectivity index (χ4n) is 14.0. The fraction of sp³-hybridized carbons (Fsp3) is 0.265. The van der Waals surface area contributed by atoms with Gasteiger partial charge in [-0.15, -0.1) is 0 Å². The SMILES string of the molecule is C.C=CS(=O)(=O)c1ccccc1.CCN(CC)CC.CCOc1ccc(-n2c([C@@H](C)N(CCS(=O)(=O)c3ccccc3)C(=O)Cc3ccc(F)c(C(F)(F)F)c3)nc3ccccc3c2=O)cc1.CCOc1ccc(-n2c([C@@H](C)N)nc3ncccc3c2=O)cc1.CCOc1ccc(-n2c([C@@H](C)NCCS(=O)(=O)c3ccccc3)nc3ccccc3c2=O)cc1.O=C(Cl)Cc1ccc(F)c(C(F)(F)F)c1. The van der Waals surface area contributed by atoms with Crippen LogP contribution < -0.4 is 41.9 Å². The number of rotatable bonds is 31. The Hall–Kier alpha value is -13.5. The lowest BCUT2D eigenvalue weighted by molar-refractivity contribution is -0.141. The van der Waals surface area contributed by atoms with Crippen LogP contribution in [0.15, 0.2) is 308 Å². The second kappa shape index (κ2) is 51.3. The second-order valence-electron chi connectivity index (χ2n) is 30.5. The summed E-state index contributed by atoms with van der Waals surface area (Å²) in [6.07, 6.45) is -9.12. The molecule has 0 aliphatic carbocycles. The number of nitrogens with two attached hydrogens (primary N) is 1. The summed E-state index contributed by atoms with van der Waals surface area (Å²) in [5.41, 5.74) is 5.25. The smallest absolute Gasteiger partial charge is 0.419 e. The van der Waals surface area contributed by atoms with Crippen molar-refractivity contribution in [3.8, 4) is 34.3 Å². The highest BCUT2D eigenvalue weighted by Gasteiger charge is 2.37. The number of halogens is 9. The third-order valence-electron chi connectivity index (χ3n) is 21.1. The standard InChI is InChI=1S/C35H31F4N3O5S.C26H27N3O4S.C17H18N4O2.C9H5ClF4O.C8H8O2S.C6H15N.CH4/c1-3-47-26-16-14-25(15-17-26)42-33(40-31-12-8-7-11-28(31)34(42)44)23(2)41(19-20-48(45,46)27-9-5-4-6-10-27)32(43)22-24-13-18-30(36)29(21-24)35(37,38)39;1-3-33-21-15-13-20(14-16-21)29-25(28-24-12-8-7-11-23(24)26(29)30)19(2)27-17-18-34(31,32)22-9-5-4-6-10-22;1-3-23-13-8-6-12(7-9-13)21-16(11(2)18)20-15-14(17(21)22)5-4-10-19-15;10-8(15)4-5-1-2-7(11)6(3-5)9(12,13)14;1-2-11(9,10)8-6-4-3-5-7-8;1-4-7(5-2)6-3;/h4-18,21,23H,3,19-20,22H2,1-2H3;4-16,19,27H,3,17-18H2,1-2H3;4-11H,3,18H2,1-2H3;1-3H,4H2;2-7H,1H2;4-6H2,1-3H3;1H4/t23-;19-;11-;;;;/m111..../s1. The van der Waals surface area contributed by atoms with Gasteiger partial charge in [0.2, 0.25) is 11.1 Å². The van der Waals surface area contributed by atoms with E-state index >= 15 is 0 Å². The van der Waals surface area contributed by atoms with Gasteiger partial charge in [-0.25, -0.2) is 54.0 Å². The van der Waals surface area contributed by atoms with Crippen molar-refractivity contribution in [2.45, 2.75) is 128 Å². The van der Waals surface area contributed by atoms with Crippen LogP contribution >= 0.6 is 11.6 Å². The van der Waals surface area contributed by atoms with Crippen molar-refractivity contribution in [1.29, 1.82) is 0 Å². The van der Waals surface area contributed by atoms with Crippen LogP contribution in [0, 0.1) is 11.6 Å². The highest BCUT2D eigenvalue weighted by molar-refractivity contribution is 7.94. The van der Waals surface area contributed by atoms with Crippen LogP contribution in [0.1, 0.15) is 128 Å². The average Bonchev–Trinajstić information content (AvgIpc) is 0.652. The Balaban J connectivity index is 0.000000226. The van der Waals surface area contributed by atoms with Gasteiger partial charge in [0.05, 0.1) is 126 Å². The number of ether oxygens (including phenoxy) is 3. The van der Waals surface area contributed by atoms with Gasteiger partial charge in [0.25, 0.3) is 16.7 Å². The Morgan fingerprint density at radius 1 is 0.482 bits per heavy atom. The number of nitrogens with zero attached hydrogens (tertiary/aromatic N) is 9. The van der Waals surface area contributed by atoms with Gasteiger partial charge in [-0.2, -0.15) is 26.3 Å². The fourth-order valence-corrected chi connectivity index (χ4v) is 17.4. The number of sulfone groups is 3. The van der Waals surface area contributed by atoms with E-state index in [1.807, 2.05) is 88.4 Å². The first-order chi connectivity index (χ1) is 65.6. The molecule has 0 bridgehead atoms. The zero-order valence-electron chi connectivity index (χ0n) is 76.8. The zero-order chi connectivity index (χ0) is 101. The van der Waals surface area contributed by atoms with Gasteiger partial charge in [-0.05, 0) is 254 Å². The highest BCUT2D eigenvalue weighted by atomic mass is 35.5. The number of carbonyl (C=O) groups excluding carboxylic acids is 2. The molecule has 0 unspecified atom stereocenters. The predicted molar refractivity (Wildman–Crippen MR) is 525 cm³/mol. The summed E-state index contributed by atoms with van der Waals surface area (Å²) < 4.78 is 199. The summed E-state index contributed by atoms with van der Waals surface area (Å²) in [4.78, 5) is 87.0. The van der Waals surface area contributed by atoms with Crippen molar-refractivity contribution < 1.29 is 84.2 Å². The van der Waals surface area contributed by atoms with Crippen LogP contribution in [0.2, 0.25) is 0 Å². The predicted octanol–water partition coefficient (Wildman–Crippen LogP) is 19.4. The summed E-state index contributed by atoms with van der Waals surface area (Å²) in [5.74, 6) is -1.13. The summed E-state index contributed by atoms with van der Waals surface area (Å²) in [6.45, 7) is 25.6. The molecule has 139 heavy (non-hydrogen) atoms. The molecule has 0 saturated heterocycles. The zero-order valence-corrected chi connectivity index (χ0v) is 80.1. The molecule has 0 spiro atoms. The molecule has 4 heterocycles. The van der Waals surface area contributed by atoms with Crippen molar-refractivity contribution in [2.24, 2.45) is 5.73 Å². The molecular formula is C102H108ClF8N11O14S3. The van der Waals surface area contributed by atoms with Gasteiger partial charge < -0.3 is 35.1 Å². The van der Waals surface area contributed by atoms with Crippen molar-refractivity contribution in [3.63, 3.8) is 0 Å². The molecule has 10 aromatic carbocycles. The average molecular weight is 2000 g/mol. The third kappa shape index (κ3) is 30.3. The first-order valence-electron chi connectivity index (χ1n) is 43.6. The first kappa shape index (κ1) is 111. The van der Waals surface area contributed by atoms with E-state index in [1.54, 1.807) is 164 Å². The van der Waals surface area contributed by atoms with Gasteiger partial charge in [0.1, 0.15) is 46.4 Å². The van der Waals surface area contributed by atoms with E-state index in [1.165, 1.54) is 57.9 Å². The summed E-state index contributed by atoms with van der Waals surface area (Å²) in [6, 6.07) is 65.3. The van der Waals surface area contributed by atoms with Gasteiger partial charge in [0, 0.05) is 31.1 Å². The maximum absolute atomic E-state index is 14.0. The molecule has 0 fully saturated rings. The number of hydrogen-bond acceptors (Lipinski definition) is 21.